The van der Waals surface area contributed by atoms with Gasteiger partial charge in [0.25, 0.3) is 0 Å². The van der Waals surface area contributed by atoms with Crippen molar-refractivity contribution in [3.63, 3.8) is 0 Å². The predicted octanol–water partition coefficient (Wildman–Crippen LogP) is 1.99. The molecule has 0 saturated carbocycles. The number of nitrogens with one attached hydrogen (secondary N) is 1. The number of rotatable bonds is 6. The zero-order valence-corrected chi connectivity index (χ0v) is 12.4. The molecule has 0 amide bonds. The van der Waals surface area contributed by atoms with E-state index in [0.29, 0.717) is 12.4 Å². The number of aromatic nitrogens is 2. The standard InChI is InChI=1S/C11H12IN3O2S/c12-8-2-1-3-9(4-8)13-5-10(16)7-17-11-6-14-18-15-11/h1-4,6,10,13,16H,5,7H2. The second-order valence-electron chi connectivity index (χ2n) is 3.60. The Hall–Kier alpha value is -0.930. The molecule has 0 radical (unpaired) electrons. The van der Waals surface area contributed by atoms with Crippen LogP contribution in [0.4, 0.5) is 5.69 Å². The van der Waals surface area contributed by atoms with Crippen LogP contribution in [0, 0.1) is 3.57 Å². The molecule has 0 spiro atoms. The smallest absolute Gasteiger partial charge is 0.245 e. The number of benzene rings is 1. The van der Waals surface area contributed by atoms with Gasteiger partial charge in [-0.05, 0) is 40.8 Å². The number of aliphatic hydroxyl groups excluding tert-OH is 1. The van der Waals surface area contributed by atoms with Crippen LogP contribution in [0.5, 0.6) is 5.88 Å². The first kappa shape index (κ1) is 13.5. The number of aliphatic hydroxyl groups is 1. The molecule has 0 aliphatic heterocycles. The lowest BCUT2D eigenvalue weighted by Gasteiger charge is -2.12. The third-order valence-electron chi connectivity index (χ3n) is 2.13. The van der Waals surface area contributed by atoms with Crippen LogP contribution in [0.15, 0.2) is 30.5 Å². The number of nitrogens with zero attached hydrogens (tertiary/aromatic N) is 2. The van der Waals surface area contributed by atoms with Gasteiger partial charge in [-0.3, -0.25) is 0 Å². The fraction of sp³-hybridized carbons (Fsp3) is 0.273. The maximum absolute atomic E-state index is 9.74. The van der Waals surface area contributed by atoms with Gasteiger partial charge >= 0.3 is 0 Å². The van der Waals surface area contributed by atoms with Crippen molar-refractivity contribution in [2.24, 2.45) is 0 Å². The van der Waals surface area contributed by atoms with Crippen LogP contribution in [0.3, 0.4) is 0 Å². The molecule has 96 valence electrons. The van der Waals surface area contributed by atoms with E-state index in [9.17, 15) is 5.11 Å². The van der Waals surface area contributed by atoms with E-state index < -0.39 is 6.10 Å². The zero-order chi connectivity index (χ0) is 12.8. The van der Waals surface area contributed by atoms with Gasteiger partial charge < -0.3 is 15.2 Å². The van der Waals surface area contributed by atoms with Gasteiger partial charge in [0.05, 0.1) is 11.7 Å². The summed E-state index contributed by atoms with van der Waals surface area (Å²) in [5, 5.41) is 12.9. The Bertz CT molecular complexity index is 481. The fourth-order valence-electron chi connectivity index (χ4n) is 1.29. The second-order valence-corrected chi connectivity index (χ2v) is 5.40. The molecular formula is C11H12IN3O2S. The van der Waals surface area contributed by atoms with Gasteiger partial charge in [0.2, 0.25) is 5.88 Å². The minimum Gasteiger partial charge on any atom is -0.473 e. The number of halogens is 1. The van der Waals surface area contributed by atoms with E-state index in [1.54, 1.807) is 0 Å². The summed E-state index contributed by atoms with van der Waals surface area (Å²) in [5.41, 5.74) is 0.983. The quantitative estimate of drug-likeness (QED) is 0.754. The monoisotopic (exact) mass is 377 g/mol. The Labute approximate surface area is 123 Å². The third kappa shape index (κ3) is 4.39. The molecule has 1 heterocycles. The first-order valence-corrected chi connectivity index (χ1v) is 7.13. The van der Waals surface area contributed by atoms with Gasteiger partial charge in [-0.25, -0.2) is 0 Å². The highest BCUT2D eigenvalue weighted by atomic mass is 127. The molecule has 2 N–H and O–H groups in total. The summed E-state index contributed by atoms with van der Waals surface area (Å²) in [7, 11) is 0. The molecule has 0 aliphatic carbocycles. The van der Waals surface area contributed by atoms with Crippen molar-refractivity contribution in [3.05, 3.63) is 34.0 Å². The molecule has 2 aromatic rings. The molecule has 0 saturated heterocycles. The Morgan fingerprint density at radius 2 is 2.39 bits per heavy atom. The summed E-state index contributed by atoms with van der Waals surface area (Å²) in [6.45, 7) is 0.625. The Kier molecular flexibility index (Phi) is 5.14. The van der Waals surface area contributed by atoms with Gasteiger partial charge in [-0.15, -0.1) is 4.37 Å². The van der Waals surface area contributed by atoms with Crippen molar-refractivity contribution in [3.8, 4) is 5.88 Å². The zero-order valence-electron chi connectivity index (χ0n) is 9.41. The van der Waals surface area contributed by atoms with Crippen LogP contribution in [-0.4, -0.2) is 33.1 Å². The molecule has 1 unspecified atom stereocenters. The van der Waals surface area contributed by atoms with Crippen LogP contribution >= 0.6 is 34.3 Å². The van der Waals surface area contributed by atoms with Crippen LogP contribution in [0.2, 0.25) is 0 Å². The molecule has 0 bridgehead atoms. The normalized spacial score (nSPS) is 12.1. The molecule has 1 aromatic heterocycles. The van der Waals surface area contributed by atoms with Crippen molar-refractivity contribution in [1.82, 2.24) is 8.75 Å². The van der Waals surface area contributed by atoms with Crippen molar-refractivity contribution < 1.29 is 9.84 Å². The summed E-state index contributed by atoms with van der Waals surface area (Å²) in [6.07, 6.45) is 0.939. The molecule has 1 atom stereocenters. The summed E-state index contributed by atoms with van der Waals surface area (Å²) in [5.74, 6) is 0.452. The molecule has 5 nitrogen and oxygen atoms in total. The van der Waals surface area contributed by atoms with Crippen LogP contribution in [0.25, 0.3) is 0 Å². The van der Waals surface area contributed by atoms with Gasteiger partial charge in [-0.2, -0.15) is 4.37 Å². The summed E-state index contributed by atoms with van der Waals surface area (Å²) < 4.78 is 14.1. The third-order valence-corrected chi connectivity index (χ3v) is 3.26. The van der Waals surface area contributed by atoms with Crippen LogP contribution < -0.4 is 10.1 Å². The second kappa shape index (κ2) is 6.86. The molecular weight excluding hydrogens is 365 g/mol. The minimum absolute atomic E-state index is 0.197. The molecule has 0 aliphatic rings. The largest absolute Gasteiger partial charge is 0.473 e. The number of ether oxygens (including phenoxy) is 1. The van der Waals surface area contributed by atoms with Gasteiger partial charge in [0, 0.05) is 15.8 Å². The molecule has 1 aromatic carbocycles. The molecule has 18 heavy (non-hydrogen) atoms. The Morgan fingerprint density at radius 1 is 1.50 bits per heavy atom. The first-order valence-electron chi connectivity index (χ1n) is 5.32. The lowest BCUT2D eigenvalue weighted by atomic mass is 10.3. The average molecular weight is 377 g/mol. The van der Waals surface area contributed by atoms with Crippen molar-refractivity contribution >= 4 is 40.0 Å². The van der Waals surface area contributed by atoms with Gasteiger partial charge in [0.1, 0.15) is 18.9 Å². The van der Waals surface area contributed by atoms with E-state index >= 15 is 0 Å². The number of hydrogen-bond acceptors (Lipinski definition) is 6. The first-order chi connectivity index (χ1) is 8.74. The maximum Gasteiger partial charge on any atom is 0.245 e. The topological polar surface area (TPSA) is 67.3 Å². The van der Waals surface area contributed by atoms with E-state index in [0.717, 1.165) is 21.0 Å². The highest BCUT2D eigenvalue weighted by Gasteiger charge is 2.06. The van der Waals surface area contributed by atoms with Gasteiger partial charge in [-0.1, -0.05) is 6.07 Å². The number of hydrogen-bond donors (Lipinski definition) is 2. The van der Waals surface area contributed by atoms with Crippen molar-refractivity contribution in [1.29, 1.82) is 0 Å². The maximum atomic E-state index is 9.74. The molecule has 0 fully saturated rings. The highest BCUT2D eigenvalue weighted by molar-refractivity contribution is 14.1. The van der Waals surface area contributed by atoms with E-state index in [4.69, 9.17) is 4.74 Å². The summed E-state index contributed by atoms with van der Waals surface area (Å²) in [4.78, 5) is 0. The minimum atomic E-state index is -0.593. The lowest BCUT2D eigenvalue weighted by molar-refractivity contribution is 0.115. The summed E-state index contributed by atoms with van der Waals surface area (Å²) in [6, 6.07) is 7.95. The molecule has 2 rings (SSSR count). The summed E-state index contributed by atoms with van der Waals surface area (Å²) >= 11 is 3.32. The Morgan fingerprint density at radius 3 is 3.11 bits per heavy atom. The highest BCUT2D eigenvalue weighted by Crippen LogP contribution is 2.12. The molecule has 7 heteroatoms. The van der Waals surface area contributed by atoms with E-state index in [2.05, 4.69) is 36.7 Å². The van der Waals surface area contributed by atoms with E-state index in [-0.39, 0.29) is 6.61 Å². The van der Waals surface area contributed by atoms with Crippen molar-refractivity contribution in [2.75, 3.05) is 18.5 Å². The van der Waals surface area contributed by atoms with Crippen LogP contribution in [-0.2, 0) is 0 Å². The van der Waals surface area contributed by atoms with Crippen molar-refractivity contribution in [2.45, 2.75) is 6.10 Å². The predicted molar refractivity (Wildman–Crippen MR) is 79.1 cm³/mol. The van der Waals surface area contributed by atoms with Gasteiger partial charge in [0.15, 0.2) is 0 Å². The fourth-order valence-corrected chi connectivity index (χ4v) is 2.20. The number of anilines is 1. The van der Waals surface area contributed by atoms with Crippen LogP contribution in [0.1, 0.15) is 0 Å². The Balaban J connectivity index is 1.73. The van der Waals surface area contributed by atoms with E-state index in [1.165, 1.54) is 6.20 Å². The SMILES string of the molecule is OC(CNc1cccc(I)c1)COc1cnsn1. The average Bonchev–Trinajstić information content (AvgIpc) is 2.87. The van der Waals surface area contributed by atoms with E-state index in [1.807, 2.05) is 24.3 Å². The lowest BCUT2D eigenvalue weighted by Crippen LogP contribution is -2.26.